The summed E-state index contributed by atoms with van der Waals surface area (Å²) < 4.78 is 1.49. The van der Waals surface area contributed by atoms with E-state index in [0.717, 1.165) is 29.6 Å². The molecule has 0 radical (unpaired) electrons. The Kier molecular flexibility index (Phi) is 14.9. The Hall–Kier alpha value is 0.210. The van der Waals surface area contributed by atoms with Crippen LogP contribution >= 0.6 is 22.6 Å². The average Bonchev–Trinajstić information content (AvgIpc) is 2.79. The van der Waals surface area contributed by atoms with Crippen LogP contribution in [0.2, 0.25) is 0 Å². The van der Waals surface area contributed by atoms with Crippen LogP contribution in [0.4, 0.5) is 0 Å². The molecule has 0 spiro atoms. The Morgan fingerprint density at radius 2 is 1.38 bits per heavy atom. The quantitative estimate of drug-likeness (QED) is 0.114. The number of unbranched alkanes of at least 4 members (excludes halogenated alkanes) is 4. The van der Waals surface area contributed by atoms with Crippen LogP contribution in [0.15, 0.2) is 21.3 Å². The minimum atomic E-state index is 0.937. The zero-order chi connectivity index (χ0) is 23.2. The number of hydrogen-bond donors (Lipinski definition) is 0. The average molecular weight is 555 g/mol. The lowest BCUT2D eigenvalue weighted by Crippen LogP contribution is -2.21. The van der Waals surface area contributed by atoms with Gasteiger partial charge in [0.05, 0.1) is 0 Å². The minimum absolute atomic E-state index is 0.937. The molecule has 0 heterocycles. The van der Waals surface area contributed by atoms with Crippen LogP contribution in [-0.2, 0) is 0 Å². The SMILES string of the molecule is C/C=C\C(CC1CCC(CC2CCC(CCC(C)CCCCCCC)CC2)CC1)=C(/C)I. The molecule has 2 saturated carbocycles. The van der Waals surface area contributed by atoms with Crippen LogP contribution in [0.5, 0.6) is 0 Å². The van der Waals surface area contributed by atoms with Gasteiger partial charge in [0.2, 0.25) is 0 Å². The normalized spacial score (nSPS) is 28.7. The highest BCUT2D eigenvalue weighted by molar-refractivity contribution is 14.1. The van der Waals surface area contributed by atoms with Crippen LogP contribution in [0, 0.1) is 29.6 Å². The van der Waals surface area contributed by atoms with E-state index in [1.807, 2.05) is 0 Å². The highest BCUT2D eigenvalue weighted by Crippen LogP contribution is 2.41. The molecule has 0 bridgehead atoms. The van der Waals surface area contributed by atoms with Gasteiger partial charge in [-0.3, -0.25) is 0 Å². The maximum atomic E-state index is 2.51. The van der Waals surface area contributed by atoms with E-state index < -0.39 is 0 Å². The molecule has 0 aromatic carbocycles. The molecule has 0 amide bonds. The Morgan fingerprint density at radius 1 is 0.812 bits per heavy atom. The number of halogens is 1. The molecule has 0 aromatic heterocycles. The third-order valence-corrected chi connectivity index (χ3v) is 9.48. The van der Waals surface area contributed by atoms with Crippen LogP contribution in [0.25, 0.3) is 0 Å². The van der Waals surface area contributed by atoms with Crippen LogP contribution in [0.1, 0.15) is 143 Å². The summed E-state index contributed by atoms with van der Waals surface area (Å²) in [6, 6.07) is 0. The Labute approximate surface area is 216 Å². The predicted octanol–water partition coefficient (Wildman–Crippen LogP) is 11.4. The zero-order valence-corrected chi connectivity index (χ0v) is 24.3. The van der Waals surface area contributed by atoms with Gasteiger partial charge in [0.15, 0.2) is 0 Å². The molecule has 0 aromatic rings. The van der Waals surface area contributed by atoms with Gasteiger partial charge in [0, 0.05) is 0 Å². The van der Waals surface area contributed by atoms with Gasteiger partial charge in [0.25, 0.3) is 0 Å². The lowest BCUT2D eigenvalue weighted by Gasteiger charge is -2.34. The van der Waals surface area contributed by atoms with Crippen molar-refractivity contribution >= 4 is 22.6 Å². The fourth-order valence-corrected chi connectivity index (χ4v) is 6.90. The lowest BCUT2D eigenvalue weighted by atomic mass is 9.71. The summed E-state index contributed by atoms with van der Waals surface area (Å²) in [5, 5.41) is 0. The van der Waals surface area contributed by atoms with Gasteiger partial charge in [-0.1, -0.05) is 116 Å². The van der Waals surface area contributed by atoms with E-state index in [0.29, 0.717) is 0 Å². The zero-order valence-electron chi connectivity index (χ0n) is 22.1. The summed E-state index contributed by atoms with van der Waals surface area (Å²) in [5.41, 5.74) is 1.58. The fourth-order valence-electron chi connectivity index (χ4n) is 6.50. The van der Waals surface area contributed by atoms with Crippen molar-refractivity contribution in [1.29, 1.82) is 0 Å². The van der Waals surface area contributed by atoms with E-state index in [-0.39, 0.29) is 0 Å². The van der Waals surface area contributed by atoms with Crippen molar-refractivity contribution in [2.45, 2.75) is 143 Å². The summed E-state index contributed by atoms with van der Waals surface area (Å²) in [7, 11) is 0. The molecular formula is C31H55I. The molecule has 0 N–H and O–H groups in total. The van der Waals surface area contributed by atoms with Crippen LogP contribution in [0.3, 0.4) is 0 Å². The van der Waals surface area contributed by atoms with Crippen molar-refractivity contribution in [1.82, 2.24) is 0 Å². The first-order valence-electron chi connectivity index (χ1n) is 14.5. The maximum absolute atomic E-state index is 2.51. The van der Waals surface area contributed by atoms with E-state index in [1.54, 1.807) is 12.0 Å². The topological polar surface area (TPSA) is 0 Å². The molecule has 0 aliphatic heterocycles. The Morgan fingerprint density at radius 3 is 1.94 bits per heavy atom. The van der Waals surface area contributed by atoms with E-state index in [1.165, 1.54) is 113 Å². The second-order valence-corrected chi connectivity index (χ2v) is 13.3. The lowest BCUT2D eigenvalue weighted by molar-refractivity contribution is 0.184. The van der Waals surface area contributed by atoms with Gasteiger partial charge in [-0.2, -0.15) is 0 Å². The first-order chi connectivity index (χ1) is 15.5. The summed E-state index contributed by atoms with van der Waals surface area (Å²) >= 11 is 2.51. The Balaban J connectivity index is 1.56. The highest BCUT2D eigenvalue weighted by Gasteiger charge is 2.27. The van der Waals surface area contributed by atoms with E-state index in [4.69, 9.17) is 0 Å². The van der Waals surface area contributed by atoms with Crippen LogP contribution < -0.4 is 0 Å². The predicted molar refractivity (Wildman–Crippen MR) is 153 cm³/mol. The Bertz CT molecular complexity index is 525. The van der Waals surface area contributed by atoms with Gasteiger partial charge in [0.1, 0.15) is 0 Å². The first-order valence-corrected chi connectivity index (χ1v) is 15.6. The highest BCUT2D eigenvalue weighted by atomic mass is 127. The second kappa shape index (κ2) is 16.8. The molecule has 0 nitrogen and oxygen atoms in total. The fraction of sp³-hybridized carbons (Fsp3) is 0.871. The van der Waals surface area contributed by atoms with Crippen molar-refractivity contribution < 1.29 is 0 Å². The number of hydrogen-bond acceptors (Lipinski definition) is 0. The van der Waals surface area contributed by atoms with E-state index in [9.17, 15) is 0 Å². The van der Waals surface area contributed by atoms with Crippen molar-refractivity contribution in [2.24, 2.45) is 29.6 Å². The molecule has 186 valence electrons. The van der Waals surface area contributed by atoms with Gasteiger partial charge < -0.3 is 0 Å². The number of allylic oxidation sites excluding steroid dienone is 4. The van der Waals surface area contributed by atoms with Crippen LogP contribution in [-0.4, -0.2) is 0 Å². The molecule has 0 saturated heterocycles. The third kappa shape index (κ3) is 11.6. The molecule has 1 heteroatoms. The van der Waals surface area contributed by atoms with E-state index in [2.05, 4.69) is 62.4 Å². The summed E-state index contributed by atoms with van der Waals surface area (Å²) in [6.07, 6.45) is 31.2. The van der Waals surface area contributed by atoms with E-state index >= 15 is 0 Å². The number of rotatable bonds is 14. The summed E-state index contributed by atoms with van der Waals surface area (Å²) in [4.78, 5) is 0. The summed E-state index contributed by atoms with van der Waals surface area (Å²) in [5.74, 6) is 5.04. The summed E-state index contributed by atoms with van der Waals surface area (Å²) in [6.45, 7) is 9.25. The van der Waals surface area contributed by atoms with Gasteiger partial charge in [-0.25, -0.2) is 0 Å². The minimum Gasteiger partial charge on any atom is -0.0874 e. The van der Waals surface area contributed by atoms with Gasteiger partial charge >= 0.3 is 0 Å². The maximum Gasteiger partial charge on any atom is -0.00931 e. The molecule has 2 fully saturated rings. The first kappa shape index (κ1) is 28.4. The van der Waals surface area contributed by atoms with Gasteiger partial charge in [-0.05, 0) is 101 Å². The smallest absolute Gasteiger partial charge is 0.00931 e. The molecule has 2 rings (SSSR count). The van der Waals surface area contributed by atoms with Crippen molar-refractivity contribution in [3.05, 3.63) is 21.3 Å². The van der Waals surface area contributed by atoms with Crippen molar-refractivity contribution in [2.75, 3.05) is 0 Å². The molecule has 1 atom stereocenters. The third-order valence-electron chi connectivity index (χ3n) is 8.79. The second-order valence-electron chi connectivity index (χ2n) is 11.7. The largest absolute Gasteiger partial charge is 0.0874 e. The van der Waals surface area contributed by atoms with Crippen molar-refractivity contribution in [3.63, 3.8) is 0 Å². The molecular weight excluding hydrogens is 499 g/mol. The molecule has 1 unspecified atom stereocenters. The molecule has 2 aliphatic carbocycles. The molecule has 32 heavy (non-hydrogen) atoms. The standard InChI is InChI=1S/C31H55I/c1-5-7-8-9-10-12-25(3)13-14-27-15-17-28(18-16-27)23-29-19-21-30(22-20-29)24-31(11-6-2)26(4)32/h6,11,25,27-30H,5,7-10,12-24H2,1-4H3/b11-6-,31-26-. The monoisotopic (exact) mass is 554 g/mol. The molecule has 2 aliphatic rings. The van der Waals surface area contributed by atoms with Gasteiger partial charge in [-0.15, -0.1) is 0 Å². The van der Waals surface area contributed by atoms with Crippen molar-refractivity contribution in [3.8, 4) is 0 Å².